The summed E-state index contributed by atoms with van der Waals surface area (Å²) in [5, 5.41) is 22.0. The number of hydrogen-bond acceptors (Lipinski definition) is 6. The first-order valence-corrected chi connectivity index (χ1v) is 6.44. The highest BCUT2D eigenvalue weighted by atomic mass is 16.6. The molecular formula is C15H8N2O6. The highest BCUT2D eigenvalue weighted by Crippen LogP contribution is 2.33. The van der Waals surface area contributed by atoms with Crippen molar-refractivity contribution in [2.24, 2.45) is 0 Å². The Hall–Kier alpha value is -3.55. The fourth-order valence-electron chi connectivity index (χ4n) is 2.32. The van der Waals surface area contributed by atoms with Crippen molar-refractivity contribution in [1.29, 1.82) is 0 Å². The van der Waals surface area contributed by atoms with Gasteiger partial charge in [-0.2, -0.15) is 0 Å². The van der Waals surface area contributed by atoms with E-state index in [0.29, 0.717) is 5.56 Å². The molecular weight excluding hydrogens is 304 g/mol. The Bertz CT molecular complexity index is 994. The lowest BCUT2D eigenvalue weighted by molar-refractivity contribution is -0.387. The SMILES string of the molecule is O=c1c([N+](=O)[O-])c(-c2ccccc2)oc2cccc([N+](=O)[O-])c12. The summed E-state index contributed by atoms with van der Waals surface area (Å²) in [5.74, 6) is -0.228. The van der Waals surface area contributed by atoms with Crippen LogP contribution in [0.1, 0.15) is 0 Å². The van der Waals surface area contributed by atoms with Crippen molar-refractivity contribution in [2.45, 2.75) is 0 Å². The van der Waals surface area contributed by atoms with Gasteiger partial charge >= 0.3 is 5.69 Å². The number of fused-ring (bicyclic) bond motifs is 1. The molecule has 3 aromatic rings. The van der Waals surface area contributed by atoms with Crippen LogP contribution in [0.3, 0.4) is 0 Å². The molecule has 0 fully saturated rings. The fourth-order valence-corrected chi connectivity index (χ4v) is 2.32. The van der Waals surface area contributed by atoms with Gasteiger partial charge in [0.05, 0.1) is 9.85 Å². The van der Waals surface area contributed by atoms with Gasteiger partial charge in [-0.25, -0.2) is 0 Å². The van der Waals surface area contributed by atoms with Crippen LogP contribution in [0.25, 0.3) is 22.3 Å². The second kappa shape index (κ2) is 5.34. The molecule has 3 rings (SSSR count). The highest BCUT2D eigenvalue weighted by Gasteiger charge is 2.29. The summed E-state index contributed by atoms with van der Waals surface area (Å²) in [6.45, 7) is 0. The van der Waals surface area contributed by atoms with Crippen LogP contribution in [0.2, 0.25) is 0 Å². The second-order valence-electron chi connectivity index (χ2n) is 4.64. The molecule has 0 aliphatic rings. The Balaban J connectivity index is 2.49. The van der Waals surface area contributed by atoms with Crippen LogP contribution in [0, 0.1) is 20.2 Å². The maximum Gasteiger partial charge on any atom is 0.360 e. The summed E-state index contributed by atoms with van der Waals surface area (Å²) in [6, 6.07) is 11.9. The Morgan fingerprint density at radius 3 is 2.17 bits per heavy atom. The van der Waals surface area contributed by atoms with E-state index in [0.717, 1.165) is 6.07 Å². The molecule has 1 heterocycles. The molecule has 2 aromatic carbocycles. The van der Waals surface area contributed by atoms with E-state index in [1.54, 1.807) is 30.3 Å². The fraction of sp³-hybridized carbons (Fsp3) is 0. The number of hydrogen-bond donors (Lipinski definition) is 0. The van der Waals surface area contributed by atoms with Crippen LogP contribution < -0.4 is 5.43 Å². The number of rotatable bonds is 3. The lowest BCUT2D eigenvalue weighted by Gasteiger charge is -2.04. The molecule has 23 heavy (non-hydrogen) atoms. The summed E-state index contributed by atoms with van der Waals surface area (Å²) in [7, 11) is 0. The van der Waals surface area contributed by atoms with E-state index in [1.807, 2.05) is 0 Å². The number of nitrogens with zero attached hydrogens (tertiary/aromatic N) is 2. The van der Waals surface area contributed by atoms with Crippen LogP contribution in [0.15, 0.2) is 57.7 Å². The maximum absolute atomic E-state index is 12.5. The predicted molar refractivity (Wildman–Crippen MR) is 81.2 cm³/mol. The minimum Gasteiger partial charge on any atom is -0.448 e. The number of nitro groups is 2. The number of nitro benzene ring substituents is 1. The zero-order chi connectivity index (χ0) is 16.6. The van der Waals surface area contributed by atoms with Crippen molar-refractivity contribution >= 4 is 22.3 Å². The molecule has 0 aliphatic carbocycles. The third-order valence-electron chi connectivity index (χ3n) is 3.29. The Kier molecular flexibility index (Phi) is 3.34. The molecule has 0 radical (unpaired) electrons. The summed E-state index contributed by atoms with van der Waals surface area (Å²) in [6.07, 6.45) is 0. The average molecular weight is 312 g/mol. The van der Waals surface area contributed by atoms with Gasteiger partial charge in [0.2, 0.25) is 5.76 Å². The van der Waals surface area contributed by atoms with Crippen LogP contribution in [0.5, 0.6) is 0 Å². The van der Waals surface area contributed by atoms with E-state index >= 15 is 0 Å². The van der Waals surface area contributed by atoms with Crippen LogP contribution in [-0.2, 0) is 0 Å². The van der Waals surface area contributed by atoms with Crippen molar-refractivity contribution in [3.05, 3.63) is 79.0 Å². The minimum absolute atomic E-state index is 0.0753. The zero-order valence-electron chi connectivity index (χ0n) is 11.5. The normalized spacial score (nSPS) is 10.6. The number of benzene rings is 2. The Labute approximate surface area is 127 Å². The average Bonchev–Trinajstić information content (AvgIpc) is 2.54. The van der Waals surface area contributed by atoms with Gasteiger partial charge < -0.3 is 4.42 Å². The van der Waals surface area contributed by atoms with Gasteiger partial charge in [-0.1, -0.05) is 36.4 Å². The molecule has 0 aliphatic heterocycles. The molecule has 1 aromatic heterocycles. The van der Waals surface area contributed by atoms with Crippen LogP contribution in [0.4, 0.5) is 11.4 Å². The molecule has 8 heteroatoms. The van der Waals surface area contributed by atoms with E-state index in [2.05, 4.69) is 0 Å². The van der Waals surface area contributed by atoms with Gasteiger partial charge in [-0.15, -0.1) is 0 Å². The Morgan fingerprint density at radius 1 is 0.870 bits per heavy atom. The van der Waals surface area contributed by atoms with Gasteiger partial charge in [-0.3, -0.25) is 25.0 Å². The smallest absolute Gasteiger partial charge is 0.360 e. The quantitative estimate of drug-likeness (QED) is 0.541. The minimum atomic E-state index is -1.04. The van der Waals surface area contributed by atoms with E-state index < -0.39 is 32.0 Å². The Morgan fingerprint density at radius 2 is 1.57 bits per heavy atom. The van der Waals surface area contributed by atoms with Crippen molar-refractivity contribution < 1.29 is 14.3 Å². The van der Waals surface area contributed by atoms with E-state index in [4.69, 9.17) is 4.42 Å². The van der Waals surface area contributed by atoms with Crippen molar-refractivity contribution in [3.63, 3.8) is 0 Å². The topological polar surface area (TPSA) is 116 Å². The van der Waals surface area contributed by atoms with Crippen molar-refractivity contribution in [1.82, 2.24) is 0 Å². The molecule has 0 spiro atoms. The highest BCUT2D eigenvalue weighted by molar-refractivity contribution is 5.90. The summed E-state index contributed by atoms with van der Waals surface area (Å²) < 4.78 is 5.47. The predicted octanol–water partition coefficient (Wildman–Crippen LogP) is 3.28. The second-order valence-corrected chi connectivity index (χ2v) is 4.64. The molecule has 0 atom stereocenters. The first-order chi connectivity index (χ1) is 11.0. The molecule has 0 N–H and O–H groups in total. The standard InChI is InChI=1S/C15H8N2O6/c18-14-12-10(16(19)20)7-4-8-11(12)23-15(13(14)17(21)22)9-5-2-1-3-6-9/h1-8H. The lowest BCUT2D eigenvalue weighted by Crippen LogP contribution is -2.11. The zero-order valence-corrected chi connectivity index (χ0v) is 11.5. The molecule has 0 amide bonds. The lowest BCUT2D eigenvalue weighted by atomic mass is 10.1. The van der Waals surface area contributed by atoms with E-state index in [-0.39, 0.29) is 11.3 Å². The monoisotopic (exact) mass is 312 g/mol. The van der Waals surface area contributed by atoms with Gasteiger partial charge in [0.1, 0.15) is 11.0 Å². The molecule has 0 saturated heterocycles. The number of non-ortho nitro benzene ring substituents is 1. The van der Waals surface area contributed by atoms with E-state index in [9.17, 15) is 25.0 Å². The molecule has 0 bridgehead atoms. The maximum atomic E-state index is 12.5. The molecule has 0 saturated carbocycles. The molecule has 114 valence electrons. The molecule has 8 nitrogen and oxygen atoms in total. The van der Waals surface area contributed by atoms with Crippen molar-refractivity contribution in [2.75, 3.05) is 0 Å². The first-order valence-electron chi connectivity index (χ1n) is 6.44. The third-order valence-corrected chi connectivity index (χ3v) is 3.29. The van der Waals surface area contributed by atoms with Gasteiger partial charge in [-0.05, 0) is 6.07 Å². The summed E-state index contributed by atoms with van der Waals surface area (Å²) in [4.78, 5) is 33.2. The third kappa shape index (κ3) is 2.31. The molecule has 0 unspecified atom stereocenters. The van der Waals surface area contributed by atoms with Gasteiger partial charge in [0.15, 0.2) is 0 Å². The van der Waals surface area contributed by atoms with Crippen LogP contribution in [-0.4, -0.2) is 9.85 Å². The van der Waals surface area contributed by atoms with E-state index in [1.165, 1.54) is 12.1 Å². The van der Waals surface area contributed by atoms with Crippen molar-refractivity contribution in [3.8, 4) is 11.3 Å². The van der Waals surface area contributed by atoms with Gasteiger partial charge in [0, 0.05) is 11.6 Å². The van der Waals surface area contributed by atoms with Crippen LogP contribution >= 0.6 is 0 Å². The first kappa shape index (κ1) is 14.4. The largest absolute Gasteiger partial charge is 0.448 e. The van der Waals surface area contributed by atoms with Gasteiger partial charge in [0.25, 0.3) is 11.1 Å². The summed E-state index contributed by atoms with van der Waals surface area (Å²) >= 11 is 0. The summed E-state index contributed by atoms with van der Waals surface area (Å²) in [5.41, 5.74) is -2.13.